The minimum atomic E-state index is -1.28. The number of nitrogens with one attached hydrogen (secondary N) is 1. The molecule has 0 saturated heterocycles. The zero-order valence-electron chi connectivity index (χ0n) is 26.1. The molecule has 0 bridgehead atoms. The highest BCUT2D eigenvalue weighted by atomic mass is 16.3. The Bertz CT molecular complexity index is 609. The van der Waals surface area contributed by atoms with Crippen molar-refractivity contribution in [3.63, 3.8) is 0 Å². The van der Waals surface area contributed by atoms with Crippen molar-refractivity contribution in [1.29, 1.82) is 0 Å². The summed E-state index contributed by atoms with van der Waals surface area (Å²) in [6.45, 7) is 3.95. The van der Waals surface area contributed by atoms with E-state index >= 15 is 0 Å². The first-order valence-corrected chi connectivity index (χ1v) is 16.7. The van der Waals surface area contributed by atoms with Crippen LogP contribution in [0.25, 0.3) is 0 Å². The summed E-state index contributed by atoms with van der Waals surface area (Å²) < 4.78 is 0. The number of rotatable bonds is 29. The van der Waals surface area contributed by atoms with Crippen molar-refractivity contribution in [1.82, 2.24) is 5.32 Å². The zero-order valence-corrected chi connectivity index (χ0v) is 26.1. The Labute approximate surface area is 246 Å². The maximum atomic E-state index is 12.4. The molecule has 0 aliphatic heterocycles. The first-order valence-electron chi connectivity index (χ1n) is 16.7. The Morgan fingerprint density at radius 2 is 1.02 bits per heavy atom. The van der Waals surface area contributed by atoms with E-state index in [0.29, 0.717) is 12.8 Å². The second-order valence-electron chi connectivity index (χ2n) is 11.5. The summed E-state index contributed by atoms with van der Waals surface area (Å²) in [4.78, 5) is 12.4. The molecular formula is C34H65NO5. The van der Waals surface area contributed by atoms with Gasteiger partial charge >= 0.3 is 0 Å². The number of amides is 1. The van der Waals surface area contributed by atoms with Crippen LogP contribution in [0.15, 0.2) is 24.3 Å². The molecule has 4 unspecified atom stereocenters. The van der Waals surface area contributed by atoms with Gasteiger partial charge in [-0.1, -0.05) is 115 Å². The number of aliphatic hydroxyl groups excluding tert-OH is 4. The third kappa shape index (κ3) is 23.5. The normalized spacial score (nSPS) is 15.1. The van der Waals surface area contributed by atoms with Gasteiger partial charge in [0.05, 0.1) is 18.8 Å². The predicted molar refractivity (Wildman–Crippen MR) is 168 cm³/mol. The molecule has 6 heteroatoms. The summed E-state index contributed by atoms with van der Waals surface area (Å²) in [5.41, 5.74) is 0. The van der Waals surface area contributed by atoms with Crippen molar-refractivity contribution < 1.29 is 25.2 Å². The van der Waals surface area contributed by atoms with Crippen molar-refractivity contribution in [2.24, 2.45) is 0 Å². The molecule has 6 nitrogen and oxygen atoms in total. The number of allylic oxidation sites excluding steroid dienone is 4. The van der Waals surface area contributed by atoms with Gasteiger partial charge in [0.15, 0.2) is 0 Å². The minimum Gasteiger partial charge on any atom is -0.394 e. The van der Waals surface area contributed by atoms with E-state index in [0.717, 1.165) is 51.4 Å². The van der Waals surface area contributed by atoms with Crippen LogP contribution in [0.1, 0.15) is 155 Å². The number of carbonyl (C=O) groups excluding carboxylic acids is 1. The first-order chi connectivity index (χ1) is 19.5. The second-order valence-corrected chi connectivity index (χ2v) is 11.5. The summed E-state index contributed by atoms with van der Waals surface area (Å²) in [5.74, 6) is -0.603. The molecule has 4 atom stereocenters. The molecular weight excluding hydrogens is 502 g/mol. The van der Waals surface area contributed by atoms with E-state index in [1.807, 2.05) is 0 Å². The maximum Gasteiger partial charge on any atom is 0.249 e. The average Bonchev–Trinajstić information content (AvgIpc) is 2.96. The smallest absolute Gasteiger partial charge is 0.249 e. The summed E-state index contributed by atoms with van der Waals surface area (Å²) >= 11 is 0. The number of unbranched alkanes of at least 4 members (excludes halogenated alkanes) is 16. The van der Waals surface area contributed by atoms with Gasteiger partial charge < -0.3 is 25.7 Å². The minimum absolute atomic E-state index is 0.355. The Hall–Kier alpha value is -1.21. The van der Waals surface area contributed by atoms with E-state index in [-0.39, 0.29) is 0 Å². The van der Waals surface area contributed by atoms with Crippen LogP contribution in [-0.4, -0.2) is 57.3 Å². The summed E-state index contributed by atoms with van der Waals surface area (Å²) in [6, 6.07) is -0.999. The average molecular weight is 568 g/mol. The van der Waals surface area contributed by atoms with E-state index in [9.17, 15) is 25.2 Å². The third-order valence-corrected chi connectivity index (χ3v) is 7.63. The third-order valence-electron chi connectivity index (χ3n) is 7.63. The van der Waals surface area contributed by atoms with Gasteiger partial charge in [0, 0.05) is 0 Å². The number of hydrogen-bond donors (Lipinski definition) is 5. The molecule has 0 saturated carbocycles. The fourth-order valence-corrected chi connectivity index (χ4v) is 4.87. The van der Waals surface area contributed by atoms with Gasteiger partial charge in [-0.05, 0) is 64.2 Å². The number of carbonyl (C=O) groups is 1. The summed E-state index contributed by atoms with van der Waals surface area (Å²) in [5, 5.41) is 43.2. The lowest BCUT2D eigenvalue weighted by molar-refractivity contribution is -0.132. The summed E-state index contributed by atoms with van der Waals surface area (Å²) in [7, 11) is 0. The second kappa shape index (κ2) is 29.3. The SMILES string of the molecule is CCCCCC/C=C\CCCCCCCCC(O)C(=O)NC(CO)C(O)C(O)CCC/C=C/CCCCCCC. The van der Waals surface area contributed by atoms with E-state index in [1.54, 1.807) is 0 Å². The lowest BCUT2D eigenvalue weighted by Gasteiger charge is -2.27. The van der Waals surface area contributed by atoms with E-state index < -0.39 is 36.9 Å². The highest BCUT2D eigenvalue weighted by molar-refractivity contribution is 5.80. The molecule has 1 amide bonds. The van der Waals surface area contributed by atoms with Crippen LogP contribution in [0.3, 0.4) is 0 Å². The van der Waals surface area contributed by atoms with Gasteiger partial charge in [0.2, 0.25) is 5.91 Å². The molecule has 0 rings (SSSR count). The lowest BCUT2D eigenvalue weighted by Crippen LogP contribution is -2.53. The molecule has 0 spiro atoms. The monoisotopic (exact) mass is 567 g/mol. The Morgan fingerprint density at radius 3 is 1.52 bits per heavy atom. The van der Waals surface area contributed by atoms with Crippen molar-refractivity contribution >= 4 is 5.91 Å². The van der Waals surface area contributed by atoms with Gasteiger partial charge in [-0.25, -0.2) is 0 Å². The number of hydrogen-bond acceptors (Lipinski definition) is 5. The molecule has 0 radical (unpaired) electrons. The van der Waals surface area contributed by atoms with Gasteiger partial charge in [0.1, 0.15) is 12.2 Å². The van der Waals surface area contributed by atoms with Crippen LogP contribution in [0.5, 0.6) is 0 Å². The number of aliphatic hydroxyl groups is 4. The molecule has 0 aromatic carbocycles. The van der Waals surface area contributed by atoms with Crippen molar-refractivity contribution in [3.8, 4) is 0 Å². The van der Waals surface area contributed by atoms with Crippen LogP contribution in [0.4, 0.5) is 0 Å². The quantitative estimate of drug-likeness (QED) is 0.0482. The fourth-order valence-electron chi connectivity index (χ4n) is 4.87. The molecule has 236 valence electrons. The van der Waals surface area contributed by atoms with Crippen LogP contribution >= 0.6 is 0 Å². The van der Waals surface area contributed by atoms with E-state index in [2.05, 4.69) is 43.5 Å². The Morgan fingerprint density at radius 1 is 0.600 bits per heavy atom. The first kappa shape index (κ1) is 38.8. The highest BCUT2D eigenvalue weighted by Gasteiger charge is 2.28. The molecule has 0 aromatic heterocycles. The standard InChI is InChI=1S/C34H65NO5/c1-3-5-7-9-11-13-15-16-17-18-20-22-24-26-28-32(38)34(40)35-30(29-36)33(39)31(37)27-25-23-21-19-14-12-10-8-6-4-2/h13,15,19,21,30-33,36-39H,3-12,14,16-18,20,22-29H2,1-2H3,(H,35,40)/b15-13-,21-19+. The predicted octanol–water partition coefficient (Wildman–Crippen LogP) is 7.28. The topological polar surface area (TPSA) is 110 Å². The van der Waals surface area contributed by atoms with Gasteiger partial charge in [-0.2, -0.15) is 0 Å². The molecule has 0 aromatic rings. The van der Waals surface area contributed by atoms with Crippen molar-refractivity contribution in [3.05, 3.63) is 24.3 Å². The van der Waals surface area contributed by atoms with Gasteiger partial charge in [-0.15, -0.1) is 0 Å². The largest absolute Gasteiger partial charge is 0.394 e. The molecule has 0 aliphatic rings. The molecule has 0 fully saturated rings. The zero-order chi connectivity index (χ0) is 29.7. The van der Waals surface area contributed by atoms with Gasteiger partial charge in [0.25, 0.3) is 0 Å². The van der Waals surface area contributed by atoms with Crippen molar-refractivity contribution in [2.75, 3.05) is 6.61 Å². The lowest BCUT2D eigenvalue weighted by atomic mass is 10.00. The fraction of sp³-hybridized carbons (Fsp3) is 0.853. The van der Waals surface area contributed by atoms with E-state index in [4.69, 9.17) is 0 Å². The van der Waals surface area contributed by atoms with Gasteiger partial charge in [-0.3, -0.25) is 4.79 Å². The Balaban J connectivity index is 3.92. The van der Waals surface area contributed by atoms with Crippen LogP contribution in [-0.2, 0) is 4.79 Å². The van der Waals surface area contributed by atoms with Crippen LogP contribution < -0.4 is 5.32 Å². The molecule has 0 heterocycles. The molecule has 5 N–H and O–H groups in total. The van der Waals surface area contributed by atoms with Crippen LogP contribution in [0, 0.1) is 0 Å². The van der Waals surface area contributed by atoms with Crippen molar-refractivity contribution in [2.45, 2.75) is 179 Å². The van der Waals surface area contributed by atoms with E-state index in [1.165, 1.54) is 77.0 Å². The maximum absolute atomic E-state index is 12.4. The highest BCUT2D eigenvalue weighted by Crippen LogP contribution is 2.13. The summed E-state index contributed by atoms with van der Waals surface area (Å²) in [6.07, 6.45) is 29.1. The molecule has 0 aliphatic carbocycles. The Kier molecular flexibility index (Phi) is 28.4. The van der Waals surface area contributed by atoms with Crippen LogP contribution in [0.2, 0.25) is 0 Å². The molecule has 40 heavy (non-hydrogen) atoms.